The summed E-state index contributed by atoms with van der Waals surface area (Å²) in [4.78, 5) is 16.8. The van der Waals surface area contributed by atoms with Crippen molar-refractivity contribution in [2.45, 2.75) is 13.8 Å². The lowest BCUT2D eigenvalue weighted by Crippen LogP contribution is -2.04. The van der Waals surface area contributed by atoms with Crippen molar-refractivity contribution in [2.24, 2.45) is 0 Å². The van der Waals surface area contributed by atoms with Gasteiger partial charge in [0.2, 0.25) is 0 Å². The number of benzene rings is 1. The summed E-state index contributed by atoms with van der Waals surface area (Å²) in [6.07, 6.45) is 0. The van der Waals surface area contributed by atoms with Crippen molar-refractivity contribution >= 4 is 22.1 Å². The highest BCUT2D eigenvalue weighted by molar-refractivity contribution is 5.99. The molecular formula is C16H6N8. The maximum atomic E-state index is 9.12. The minimum absolute atomic E-state index is 0.0750. The molecule has 3 rings (SSSR count). The van der Waals surface area contributed by atoms with Crippen LogP contribution in [0, 0.1) is 59.2 Å². The van der Waals surface area contributed by atoms with Gasteiger partial charge >= 0.3 is 0 Å². The summed E-state index contributed by atoms with van der Waals surface area (Å²) in [5.41, 5.74) is 2.51. The van der Waals surface area contributed by atoms with Crippen LogP contribution in [0.5, 0.6) is 0 Å². The Bertz CT molecular complexity index is 1020. The largest absolute Gasteiger partial charge is 0.232 e. The molecule has 0 spiro atoms. The van der Waals surface area contributed by atoms with Crippen molar-refractivity contribution < 1.29 is 0 Å². The summed E-state index contributed by atoms with van der Waals surface area (Å²) < 4.78 is 0. The summed E-state index contributed by atoms with van der Waals surface area (Å²) >= 11 is 0. The molecule has 0 radical (unpaired) electrons. The lowest BCUT2D eigenvalue weighted by molar-refractivity contribution is 1.15. The third-order valence-electron chi connectivity index (χ3n) is 3.64. The highest BCUT2D eigenvalue weighted by atomic mass is 14.9. The molecule has 0 unspecified atom stereocenters. The molecule has 0 aliphatic rings. The fraction of sp³-hybridized carbons (Fsp3) is 0.125. The molecular weight excluding hydrogens is 304 g/mol. The third kappa shape index (κ3) is 1.89. The first-order valence-electron chi connectivity index (χ1n) is 6.68. The van der Waals surface area contributed by atoms with Gasteiger partial charge in [-0.25, -0.2) is 19.9 Å². The number of aryl methyl sites for hydroxylation is 2. The van der Waals surface area contributed by atoms with Gasteiger partial charge in [-0.05, 0) is 13.8 Å². The molecule has 0 N–H and O–H groups in total. The Morgan fingerprint density at radius 3 is 0.875 bits per heavy atom. The van der Waals surface area contributed by atoms with Crippen molar-refractivity contribution in [3.63, 3.8) is 0 Å². The molecule has 0 saturated carbocycles. The minimum Gasteiger partial charge on any atom is -0.232 e. The summed E-state index contributed by atoms with van der Waals surface area (Å²) in [7, 11) is 0. The Balaban J connectivity index is 2.60. The number of nitriles is 4. The van der Waals surface area contributed by atoms with Crippen molar-refractivity contribution in [2.75, 3.05) is 0 Å². The lowest BCUT2D eigenvalue weighted by atomic mass is 10.0. The fourth-order valence-electron chi connectivity index (χ4n) is 2.45. The van der Waals surface area contributed by atoms with Crippen molar-refractivity contribution in [1.82, 2.24) is 19.9 Å². The van der Waals surface area contributed by atoms with Gasteiger partial charge in [-0.3, -0.25) is 0 Å². The zero-order valence-corrected chi connectivity index (χ0v) is 12.6. The Labute approximate surface area is 135 Å². The molecule has 0 saturated heterocycles. The van der Waals surface area contributed by atoms with Gasteiger partial charge in [0.25, 0.3) is 0 Å². The smallest absolute Gasteiger partial charge is 0.177 e. The van der Waals surface area contributed by atoms with Crippen LogP contribution in [0.2, 0.25) is 0 Å². The predicted molar refractivity (Wildman–Crippen MR) is 81.0 cm³/mol. The normalized spacial score (nSPS) is 9.92. The molecule has 8 heteroatoms. The minimum atomic E-state index is -0.0750. The van der Waals surface area contributed by atoms with E-state index < -0.39 is 0 Å². The second-order valence-electron chi connectivity index (χ2n) is 4.93. The standard InChI is InChI=1S/C16H6N8/c1-7-13-15(23-11(5-19)9(3-17)21-13)8(2)16-14(7)22-10(4-18)12(6-20)24-16/h1-2H3. The van der Waals surface area contributed by atoms with Crippen molar-refractivity contribution in [1.29, 1.82) is 21.0 Å². The van der Waals surface area contributed by atoms with E-state index in [9.17, 15) is 0 Å². The average molecular weight is 310 g/mol. The Morgan fingerprint density at radius 2 is 0.708 bits per heavy atom. The Morgan fingerprint density at radius 1 is 0.500 bits per heavy atom. The number of hydrogen-bond acceptors (Lipinski definition) is 8. The molecule has 110 valence electrons. The molecule has 0 atom stereocenters. The number of nitrogens with zero attached hydrogens (tertiary/aromatic N) is 8. The number of hydrogen-bond donors (Lipinski definition) is 0. The summed E-state index contributed by atoms with van der Waals surface area (Å²) in [6.45, 7) is 3.43. The topological polar surface area (TPSA) is 147 Å². The van der Waals surface area contributed by atoms with Crippen LogP contribution in [0.4, 0.5) is 0 Å². The second-order valence-corrected chi connectivity index (χ2v) is 4.93. The van der Waals surface area contributed by atoms with Crippen LogP contribution in [0.1, 0.15) is 33.9 Å². The number of rotatable bonds is 0. The number of fused-ring (bicyclic) bond motifs is 2. The zero-order valence-electron chi connectivity index (χ0n) is 12.6. The van der Waals surface area contributed by atoms with Crippen LogP contribution in [-0.4, -0.2) is 19.9 Å². The summed E-state index contributed by atoms with van der Waals surface area (Å²) in [6, 6.07) is 7.39. The molecule has 0 aliphatic heterocycles. The summed E-state index contributed by atoms with van der Waals surface area (Å²) in [5.74, 6) is 0. The van der Waals surface area contributed by atoms with Gasteiger partial charge in [-0.2, -0.15) is 21.0 Å². The van der Waals surface area contributed by atoms with E-state index in [2.05, 4.69) is 19.9 Å². The zero-order chi connectivity index (χ0) is 17.4. The van der Waals surface area contributed by atoms with E-state index in [0.29, 0.717) is 33.2 Å². The highest BCUT2D eigenvalue weighted by Gasteiger charge is 2.19. The molecule has 0 bridgehead atoms. The first-order chi connectivity index (χ1) is 11.5. The van der Waals surface area contributed by atoms with Crippen molar-refractivity contribution in [3.05, 3.63) is 33.9 Å². The molecule has 0 fully saturated rings. The number of aromatic nitrogens is 4. The monoisotopic (exact) mass is 310 g/mol. The van der Waals surface area contributed by atoms with Gasteiger partial charge in [0.15, 0.2) is 22.8 Å². The van der Waals surface area contributed by atoms with Crippen LogP contribution in [0.15, 0.2) is 0 Å². The maximum absolute atomic E-state index is 9.12. The van der Waals surface area contributed by atoms with Gasteiger partial charge in [0.1, 0.15) is 24.3 Å². The van der Waals surface area contributed by atoms with Crippen LogP contribution >= 0.6 is 0 Å². The van der Waals surface area contributed by atoms with E-state index in [1.807, 2.05) is 24.3 Å². The predicted octanol–water partition coefficient (Wildman–Crippen LogP) is 1.68. The van der Waals surface area contributed by atoms with Gasteiger partial charge in [0.05, 0.1) is 22.1 Å². The average Bonchev–Trinajstić information content (AvgIpc) is 2.63. The van der Waals surface area contributed by atoms with Crippen LogP contribution in [0.3, 0.4) is 0 Å². The first-order valence-corrected chi connectivity index (χ1v) is 6.68. The van der Waals surface area contributed by atoms with Crippen LogP contribution in [0.25, 0.3) is 22.1 Å². The fourth-order valence-corrected chi connectivity index (χ4v) is 2.45. The third-order valence-corrected chi connectivity index (χ3v) is 3.64. The molecule has 2 aromatic heterocycles. The van der Waals surface area contributed by atoms with Gasteiger partial charge in [-0.15, -0.1) is 0 Å². The molecule has 1 aromatic carbocycles. The molecule has 24 heavy (non-hydrogen) atoms. The van der Waals surface area contributed by atoms with E-state index in [0.717, 1.165) is 0 Å². The van der Waals surface area contributed by atoms with E-state index in [4.69, 9.17) is 21.0 Å². The molecule has 8 nitrogen and oxygen atoms in total. The van der Waals surface area contributed by atoms with E-state index in [1.54, 1.807) is 13.8 Å². The van der Waals surface area contributed by atoms with Crippen LogP contribution in [-0.2, 0) is 0 Å². The van der Waals surface area contributed by atoms with E-state index >= 15 is 0 Å². The van der Waals surface area contributed by atoms with Crippen LogP contribution < -0.4 is 0 Å². The second kappa shape index (κ2) is 5.25. The van der Waals surface area contributed by atoms with Gasteiger partial charge < -0.3 is 0 Å². The van der Waals surface area contributed by atoms with E-state index in [-0.39, 0.29) is 22.8 Å². The Hall–Kier alpha value is -4.14. The molecule has 0 aliphatic carbocycles. The first kappa shape index (κ1) is 14.8. The molecule has 2 heterocycles. The molecule has 0 amide bonds. The molecule has 3 aromatic rings. The quantitative estimate of drug-likeness (QED) is 0.569. The van der Waals surface area contributed by atoms with E-state index in [1.165, 1.54) is 0 Å². The summed E-state index contributed by atoms with van der Waals surface area (Å²) in [5, 5.41) is 36.5. The maximum Gasteiger partial charge on any atom is 0.177 e. The SMILES string of the molecule is Cc1c2nc(C#N)c(C#N)nc2c(C)c2nc(C#N)c(C#N)nc12. The van der Waals surface area contributed by atoms with Gasteiger partial charge in [-0.1, -0.05) is 0 Å². The lowest BCUT2D eigenvalue weighted by Gasteiger charge is -2.10. The van der Waals surface area contributed by atoms with Crippen molar-refractivity contribution in [3.8, 4) is 24.3 Å². The van der Waals surface area contributed by atoms with Gasteiger partial charge in [0, 0.05) is 11.1 Å². The Kier molecular flexibility index (Phi) is 3.23. The highest BCUT2D eigenvalue weighted by Crippen LogP contribution is 2.29.